The molecule has 0 radical (unpaired) electrons. The van der Waals surface area contributed by atoms with Crippen molar-refractivity contribution in [3.63, 3.8) is 0 Å². The third-order valence-corrected chi connectivity index (χ3v) is 2.90. The maximum Gasteiger partial charge on any atom is 0.150 e. The molecule has 0 saturated heterocycles. The molecule has 124 valence electrons. The van der Waals surface area contributed by atoms with E-state index in [1.165, 1.54) is 0 Å². The number of rotatable bonds is 14. The van der Waals surface area contributed by atoms with E-state index in [0.29, 0.717) is 45.2 Å². The average Bonchev–Trinajstić information content (AvgIpc) is 2.56. The summed E-state index contributed by atoms with van der Waals surface area (Å²) in [5.74, 6) is 0.731. The molecule has 5 nitrogen and oxygen atoms in total. The van der Waals surface area contributed by atoms with Crippen LogP contribution < -0.4 is 4.74 Å². The van der Waals surface area contributed by atoms with Gasteiger partial charge in [-0.3, -0.25) is 4.79 Å². The van der Waals surface area contributed by atoms with Crippen molar-refractivity contribution in [2.45, 2.75) is 19.8 Å². The standard InChI is InChI=1S/C17H26O5/c1-2-3-8-19-9-10-20-11-12-21-13-14-22-17-6-4-16(15-18)5-7-17/h4-7,15H,2-3,8-14H2,1H3. The second-order valence-corrected chi connectivity index (χ2v) is 4.73. The molecule has 0 saturated carbocycles. The molecule has 1 aromatic carbocycles. The van der Waals surface area contributed by atoms with Gasteiger partial charge in [-0.1, -0.05) is 13.3 Å². The highest BCUT2D eigenvalue weighted by Gasteiger charge is 1.95. The molecule has 0 unspecified atom stereocenters. The number of carbonyl (C=O) groups is 1. The van der Waals surface area contributed by atoms with Crippen molar-refractivity contribution < 1.29 is 23.7 Å². The normalized spacial score (nSPS) is 10.6. The topological polar surface area (TPSA) is 54.0 Å². The Morgan fingerprint density at radius 1 is 0.818 bits per heavy atom. The zero-order chi connectivity index (χ0) is 15.9. The van der Waals surface area contributed by atoms with Crippen molar-refractivity contribution in [2.24, 2.45) is 0 Å². The van der Waals surface area contributed by atoms with E-state index in [1.54, 1.807) is 24.3 Å². The molecule has 0 aliphatic carbocycles. The molecule has 1 rings (SSSR count). The minimum absolute atomic E-state index is 0.473. The largest absolute Gasteiger partial charge is 0.491 e. The Labute approximate surface area is 132 Å². The fourth-order valence-corrected chi connectivity index (χ4v) is 1.65. The minimum Gasteiger partial charge on any atom is -0.491 e. The van der Waals surface area contributed by atoms with Crippen LogP contribution in [0.2, 0.25) is 0 Å². The molecule has 0 atom stereocenters. The van der Waals surface area contributed by atoms with E-state index in [0.717, 1.165) is 31.5 Å². The highest BCUT2D eigenvalue weighted by molar-refractivity contribution is 5.74. The fraction of sp³-hybridized carbons (Fsp3) is 0.588. The van der Waals surface area contributed by atoms with Crippen molar-refractivity contribution in [1.82, 2.24) is 0 Å². The Balaban J connectivity index is 1.86. The van der Waals surface area contributed by atoms with E-state index in [9.17, 15) is 4.79 Å². The van der Waals surface area contributed by atoms with Crippen LogP contribution in [0.3, 0.4) is 0 Å². The van der Waals surface area contributed by atoms with Gasteiger partial charge in [0.25, 0.3) is 0 Å². The second-order valence-electron chi connectivity index (χ2n) is 4.73. The quantitative estimate of drug-likeness (QED) is 0.391. The van der Waals surface area contributed by atoms with Crippen LogP contribution in [0.1, 0.15) is 30.1 Å². The molecular weight excluding hydrogens is 284 g/mol. The fourth-order valence-electron chi connectivity index (χ4n) is 1.65. The minimum atomic E-state index is 0.473. The molecule has 0 bridgehead atoms. The van der Waals surface area contributed by atoms with Crippen LogP contribution in [0, 0.1) is 0 Å². The molecule has 0 aliphatic heterocycles. The molecule has 0 N–H and O–H groups in total. The van der Waals surface area contributed by atoms with Gasteiger partial charge in [-0.25, -0.2) is 0 Å². The van der Waals surface area contributed by atoms with Gasteiger partial charge in [0.05, 0.1) is 33.0 Å². The van der Waals surface area contributed by atoms with E-state index in [1.807, 2.05) is 0 Å². The Morgan fingerprint density at radius 3 is 1.91 bits per heavy atom. The van der Waals surface area contributed by atoms with Gasteiger partial charge >= 0.3 is 0 Å². The van der Waals surface area contributed by atoms with Crippen molar-refractivity contribution in [3.8, 4) is 5.75 Å². The Bertz CT molecular complexity index is 377. The molecule has 0 aliphatic rings. The zero-order valence-electron chi connectivity index (χ0n) is 13.3. The molecular formula is C17H26O5. The second kappa shape index (κ2) is 13.2. The number of hydrogen-bond donors (Lipinski definition) is 0. The van der Waals surface area contributed by atoms with Gasteiger partial charge in [-0.2, -0.15) is 0 Å². The zero-order valence-corrected chi connectivity index (χ0v) is 13.3. The summed E-state index contributed by atoms with van der Waals surface area (Å²) < 4.78 is 21.6. The smallest absolute Gasteiger partial charge is 0.150 e. The van der Waals surface area contributed by atoms with E-state index in [-0.39, 0.29) is 0 Å². The summed E-state index contributed by atoms with van der Waals surface area (Å²) >= 11 is 0. The summed E-state index contributed by atoms with van der Waals surface area (Å²) in [5, 5.41) is 0. The van der Waals surface area contributed by atoms with Gasteiger partial charge in [0.1, 0.15) is 18.6 Å². The monoisotopic (exact) mass is 310 g/mol. The number of benzene rings is 1. The SMILES string of the molecule is CCCCOCCOCCOCCOc1ccc(C=O)cc1. The van der Waals surface area contributed by atoms with Gasteiger partial charge in [-0.15, -0.1) is 0 Å². The molecule has 0 aromatic heterocycles. The predicted octanol–water partition coefficient (Wildman–Crippen LogP) is 2.73. The van der Waals surface area contributed by atoms with Crippen LogP contribution in [-0.4, -0.2) is 52.5 Å². The van der Waals surface area contributed by atoms with E-state index in [2.05, 4.69) is 6.92 Å². The van der Waals surface area contributed by atoms with E-state index in [4.69, 9.17) is 18.9 Å². The number of aldehydes is 1. The number of hydrogen-bond acceptors (Lipinski definition) is 5. The van der Waals surface area contributed by atoms with Crippen molar-refractivity contribution in [1.29, 1.82) is 0 Å². The summed E-state index contributed by atoms with van der Waals surface area (Å²) in [5.41, 5.74) is 0.638. The first-order chi connectivity index (χ1) is 10.9. The van der Waals surface area contributed by atoms with Gasteiger partial charge in [0, 0.05) is 12.2 Å². The number of carbonyl (C=O) groups excluding carboxylic acids is 1. The molecule has 22 heavy (non-hydrogen) atoms. The van der Waals surface area contributed by atoms with Gasteiger partial charge in [0.15, 0.2) is 0 Å². The summed E-state index contributed by atoms with van der Waals surface area (Å²) in [4.78, 5) is 10.5. The van der Waals surface area contributed by atoms with Crippen LogP contribution in [0.25, 0.3) is 0 Å². The van der Waals surface area contributed by atoms with Crippen LogP contribution in [-0.2, 0) is 14.2 Å². The Hall–Kier alpha value is -1.43. The lowest BCUT2D eigenvalue weighted by Crippen LogP contribution is -2.12. The molecule has 0 spiro atoms. The first-order valence-electron chi connectivity index (χ1n) is 7.78. The summed E-state index contributed by atoms with van der Waals surface area (Å²) in [6.07, 6.45) is 3.06. The Morgan fingerprint density at radius 2 is 1.36 bits per heavy atom. The van der Waals surface area contributed by atoms with Gasteiger partial charge in [-0.05, 0) is 30.7 Å². The van der Waals surface area contributed by atoms with Gasteiger partial charge < -0.3 is 18.9 Å². The number of ether oxygens (including phenoxy) is 4. The van der Waals surface area contributed by atoms with Crippen molar-refractivity contribution in [2.75, 3.05) is 46.2 Å². The molecule has 1 aromatic rings. The highest BCUT2D eigenvalue weighted by atomic mass is 16.6. The van der Waals surface area contributed by atoms with Crippen LogP contribution in [0.4, 0.5) is 0 Å². The number of unbranched alkanes of at least 4 members (excludes halogenated alkanes) is 1. The summed E-state index contributed by atoms with van der Waals surface area (Å²) in [7, 11) is 0. The van der Waals surface area contributed by atoms with Crippen LogP contribution in [0.5, 0.6) is 5.75 Å². The lowest BCUT2D eigenvalue weighted by Gasteiger charge is -2.08. The average molecular weight is 310 g/mol. The predicted molar refractivity (Wildman–Crippen MR) is 84.7 cm³/mol. The Kier molecular flexibility index (Phi) is 11.2. The molecule has 0 heterocycles. The third-order valence-electron chi connectivity index (χ3n) is 2.90. The summed E-state index contributed by atoms with van der Waals surface area (Å²) in [6.45, 7) is 6.27. The summed E-state index contributed by atoms with van der Waals surface area (Å²) in [6, 6.07) is 6.98. The first kappa shape index (κ1) is 18.6. The van der Waals surface area contributed by atoms with E-state index < -0.39 is 0 Å². The molecule has 0 fully saturated rings. The maximum absolute atomic E-state index is 10.5. The van der Waals surface area contributed by atoms with Gasteiger partial charge in [0.2, 0.25) is 0 Å². The molecule has 0 amide bonds. The maximum atomic E-state index is 10.5. The van der Waals surface area contributed by atoms with Crippen molar-refractivity contribution >= 4 is 6.29 Å². The third kappa shape index (κ3) is 9.50. The van der Waals surface area contributed by atoms with Crippen molar-refractivity contribution in [3.05, 3.63) is 29.8 Å². The lowest BCUT2D eigenvalue weighted by molar-refractivity contribution is 0.00895. The van der Waals surface area contributed by atoms with Crippen LogP contribution >= 0.6 is 0 Å². The van der Waals surface area contributed by atoms with Crippen LogP contribution in [0.15, 0.2) is 24.3 Å². The first-order valence-corrected chi connectivity index (χ1v) is 7.78. The highest BCUT2D eigenvalue weighted by Crippen LogP contribution is 2.10. The lowest BCUT2D eigenvalue weighted by atomic mass is 10.2. The van der Waals surface area contributed by atoms with E-state index >= 15 is 0 Å². The molecule has 5 heteroatoms.